The minimum absolute atomic E-state index is 0.0988. The number of aromatic nitrogens is 2. The molecule has 0 aliphatic rings. The molecule has 0 bridgehead atoms. The Bertz CT molecular complexity index is 1230. The second-order valence-corrected chi connectivity index (χ2v) is 8.48. The summed E-state index contributed by atoms with van der Waals surface area (Å²) >= 11 is 5.92. The fourth-order valence-electron chi connectivity index (χ4n) is 2.45. The molecule has 3 rings (SSSR count). The van der Waals surface area contributed by atoms with Gasteiger partial charge in [-0.1, -0.05) is 41.9 Å². The lowest BCUT2D eigenvalue weighted by atomic mass is 10.1. The van der Waals surface area contributed by atoms with Crippen molar-refractivity contribution in [3.8, 4) is 5.75 Å². The van der Waals surface area contributed by atoms with Crippen LogP contribution in [0.2, 0.25) is 5.02 Å². The summed E-state index contributed by atoms with van der Waals surface area (Å²) in [7, 11) is -3.98. The van der Waals surface area contributed by atoms with Gasteiger partial charge in [-0.05, 0) is 30.7 Å². The summed E-state index contributed by atoms with van der Waals surface area (Å²) < 4.78 is 44.2. The van der Waals surface area contributed by atoms with Crippen molar-refractivity contribution in [2.24, 2.45) is 0 Å². The van der Waals surface area contributed by atoms with Crippen molar-refractivity contribution in [1.82, 2.24) is 9.97 Å². The van der Waals surface area contributed by atoms with Crippen LogP contribution in [0.5, 0.6) is 5.75 Å². The highest BCUT2D eigenvalue weighted by Crippen LogP contribution is 2.23. The Kier molecular flexibility index (Phi) is 6.23. The van der Waals surface area contributed by atoms with Gasteiger partial charge in [0.15, 0.2) is 23.0 Å². The quantitative estimate of drug-likeness (QED) is 0.245. The number of esters is 1. The van der Waals surface area contributed by atoms with E-state index in [1.54, 1.807) is 30.3 Å². The Labute approximate surface area is 176 Å². The number of nitrogens with zero attached hydrogens (tertiary/aromatic N) is 2. The minimum atomic E-state index is -3.98. The number of hydrogen-bond donors (Lipinski definition) is 0. The predicted octanol–water partition coefficient (Wildman–Crippen LogP) is 3.66. The van der Waals surface area contributed by atoms with Gasteiger partial charge in [0.2, 0.25) is 15.0 Å². The number of carbonyl (C=O) groups excluding carboxylic acids is 2. The van der Waals surface area contributed by atoms with Crippen molar-refractivity contribution in [2.45, 2.75) is 17.8 Å². The maximum Gasteiger partial charge on any atom is 0.364 e. The topological polar surface area (TPSA) is 103 Å². The molecule has 0 unspecified atom stereocenters. The van der Waals surface area contributed by atoms with Crippen LogP contribution in [0.15, 0.2) is 59.9 Å². The molecule has 0 aliphatic carbocycles. The monoisotopic (exact) mass is 448 g/mol. The Hall–Kier alpha value is -3.17. The first kappa shape index (κ1) is 21.5. The molecule has 30 heavy (non-hydrogen) atoms. The zero-order valence-corrected chi connectivity index (χ0v) is 17.1. The van der Waals surface area contributed by atoms with Crippen molar-refractivity contribution in [3.63, 3.8) is 0 Å². The summed E-state index contributed by atoms with van der Waals surface area (Å²) in [5.74, 6) is -3.33. The van der Waals surface area contributed by atoms with Crippen molar-refractivity contribution < 1.29 is 27.1 Å². The Morgan fingerprint density at radius 1 is 1.13 bits per heavy atom. The molecule has 0 N–H and O–H groups in total. The molecule has 154 valence electrons. The van der Waals surface area contributed by atoms with Crippen molar-refractivity contribution in [2.75, 3.05) is 0 Å². The van der Waals surface area contributed by atoms with E-state index in [1.165, 1.54) is 13.0 Å². The van der Waals surface area contributed by atoms with Gasteiger partial charge in [0, 0.05) is 5.56 Å². The highest BCUT2D eigenvalue weighted by molar-refractivity contribution is 7.90. The van der Waals surface area contributed by atoms with E-state index in [1.807, 2.05) is 0 Å². The molecule has 0 fully saturated rings. The van der Waals surface area contributed by atoms with Gasteiger partial charge in [0.1, 0.15) is 0 Å². The highest BCUT2D eigenvalue weighted by Gasteiger charge is 2.24. The van der Waals surface area contributed by atoms with Crippen LogP contribution in [0.3, 0.4) is 0 Å². The molecule has 1 aromatic heterocycles. The molecule has 0 amide bonds. The lowest BCUT2D eigenvalue weighted by Crippen LogP contribution is -2.17. The second-order valence-electron chi connectivity index (χ2n) is 6.18. The van der Waals surface area contributed by atoms with E-state index in [0.29, 0.717) is 5.56 Å². The fourth-order valence-corrected chi connectivity index (χ4v) is 3.83. The van der Waals surface area contributed by atoms with E-state index in [4.69, 9.17) is 16.3 Å². The molecule has 3 aromatic rings. The van der Waals surface area contributed by atoms with Crippen molar-refractivity contribution >= 4 is 33.2 Å². The van der Waals surface area contributed by atoms with Gasteiger partial charge in [-0.3, -0.25) is 4.79 Å². The number of benzene rings is 2. The lowest BCUT2D eigenvalue weighted by molar-refractivity contribution is 0.0720. The van der Waals surface area contributed by atoms with Crippen LogP contribution in [-0.4, -0.2) is 30.1 Å². The smallest absolute Gasteiger partial charge is 0.364 e. The van der Waals surface area contributed by atoms with Crippen LogP contribution in [0.1, 0.15) is 33.3 Å². The number of hydrogen-bond acceptors (Lipinski definition) is 7. The molecule has 0 atom stereocenters. The first-order valence-electron chi connectivity index (χ1n) is 8.49. The summed E-state index contributed by atoms with van der Waals surface area (Å²) in [5, 5.41) is -0.880. The first-order valence-corrected chi connectivity index (χ1v) is 10.5. The Balaban J connectivity index is 1.88. The van der Waals surface area contributed by atoms with E-state index in [9.17, 15) is 22.4 Å². The van der Waals surface area contributed by atoms with Crippen LogP contribution in [0.25, 0.3) is 0 Å². The van der Waals surface area contributed by atoms with E-state index in [-0.39, 0.29) is 22.1 Å². The number of Topliss-reactive ketones (excluding diaryl/α,β-unsaturated/α-hetero) is 1. The molecule has 0 saturated heterocycles. The predicted molar refractivity (Wildman–Crippen MR) is 106 cm³/mol. The average molecular weight is 449 g/mol. The van der Waals surface area contributed by atoms with Gasteiger partial charge < -0.3 is 4.74 Å². The van der Waals surface area contributed by atoms with Gasteiger partial charge in [-0.2, -0.15) is 0 Å². The van der Waals surface area contributed by atoms with Crippen LogP contribution in [0, 0.1) is 5.82 Å². The number of halogens is 2. The number of carbonyl (C=O) groups is 2. The third-order valence-corrected chi connectivity index (χ3v) is 5.68. The molecule has 7 nitrogen and oxygen atoms in total. The van der Waals surface area contributed by atoms with Gasteiger partial charge in [0.05, 0.1) is 17.0 Å². The standard InChI is InChI=1S/C20H14ClFN2O5S/c1-12(25)14-7-8-17(16(22)9-14)29-19(26)18-15(21)10-23-20(24-18)30(27,28)11-13-5-3-2-4-6-13/h2-10H,11H2,1H3. The van der Waals surface area contributed by atoms with Gasteiger partial charge >= 0.3 is 5.97 Å². The molecular weight excluding hydrogens is 435 g/mol. The summed E-state index contributed by atoms with van der Waals surface area (Å²) in [6.07, 6.45) is 0.957. The van der Waals surface area contributed by atoms with Gasteiger partial charge in [-0.15, -0.1) is 0 Å². The summed E-state index contributed by atoms with van der Waals surface area (Å²) in [6, 6.07) is 11.7. The molecule has 1 heterocycles. The zero-order chi connectivity index (χ0) is 21.9. The van der Waals surface area contributed by atoms with Crippen LogP contribution < -0.4 is 4.74 Å². The molecule has 10 heteroatoms. The third-order valence-electron chi connectivity index (χ3n) is 3.93. The van der Waals surface area contributed by atoms with Crippen LogP contribution in [0.4, 0.5) is 4.39 Å². The number of ether oxygens (including phenoxy) is 1. The molecule has 0 saturated carbocycles. The summed E-state index contributed by atoms with van der Waals surface area (Å²) in [5.41, 5.74) is 0.0721. The lowest BCUT2D eigenvalue weighted by Gasteiger charge is -2.08. The van der Waals surface area contributed by atoms with Crippen LogP contribution in [-0.2, 0) is 15.6 Å². The second kappa shape index (κ2) is 8.68. The normalized spacial score (nSPS) is 11.2. The maximum absolute atomic E-state index is 14.1. The maximum atomic E-state index is 14.1. The SMILES string of the molecule is CC(=O)c1ccc(OC(=O)c2nc(S(=O)(=O)Cc3ccccc3)ncc2Cl)c(F)c1. The van der Waals surface area contributed by atoms with Crippen molar-refractivity contribution in [1.29, 1.82) is 0 Å². The number of sulfone groups is 1. The number of rotatable bonds is 6. The fraction of sp³-hybridized carbons (Fsp3) is 0.100. The Morgan fingerprint density at radius 2 is 1.83 bits per heavy atom. The summed E-state index contributed by atoms with van der Waals surface area (Å²) in [6.45, 7) is 1.26. The number of ketones is 1. The first-order chi connectivity index (χ1) is 14.2. The highest BCUT2D eigenvalue weighted by atomic mass is 35.5. The van der Waals surface area contributed by atoms with E-state index < -0.39 is 38.2 Å². The molecular formula is C20H14ClFN2O5S. The van der Waals surface area contributed by atoms with E-state index in [0.717, 1.165) is 18.3 Å². The molecule has 0 aliphatic heterocycles. The zero-order valence-electron chi connectivity index (χ0n) is 15.5. The third kappa shape index (κ3) is 4.87. The van der Waals surface area contributed by atoms with Gasteiger partial charge in [-0.25, -0.2) is 27.6 Å². The minimum Gasteiger partial charge on any atom is -0.419 e. The largest absolute Gasteiger partial charge is 0.419 e. The Morgan fingerprint density at radius 3 is 2.47 bits per heavy atom. The van der Waals surface area contributed by atoms with Gasteiger partial charge in [0.25, 0.3) is 0 Å². The molecule has 0 spiro atoms. The van der Waals surface area contributed by atoms with Crippen molar-refractivity contribution in [3.05, 3.63) is 82.4 Å². The summed E-state index contributed by atoms with van der Waals surface area (Å²) in [4.78, 5) is 31.1. The van der Waals surface area contributed by atoms with Crippen LogP contribution >= 0.6 is 11.6 Å². The molecule has 0 radical (unpaired) electrons. The van der Waals surface area contributed by atoms with E-state index in [2.05, 4.69) is 9.97 Å². The molecule has 2 aromatic carbocycles. The average Bonchev–Trinajstić information content (AvgIpc) is 2.69. The van der Waals surface area contributed by atoms with E-state index >= 15 is 0 Å².